The highest BCUT2D eigenvalue weighted by atomic mass is 79.9. The highest BCUT2D eigenvalue weighted by molar-refractivity contribution is 9.10. The van der Waals surface area contributed by atoms with Gasteiger partial charge in [-0.1, -0.05) is 0 Å². The fraction of sp³-hybridized carbons (Fsp3) is 0.400. The number of nitrogens with two attached hydrogens (primary N) is 1. The molecule has 0 aromatic heterocycles. The monoisotopic (exact) mass is 338 g/mol. The molecule has 0 saturated carbocycles. The molecule has 0 spiro atoms. The van der Waals surface area contributed by atoms with Crippen LogP contribution in [0.25, 0.3) is 0 Å². The van der Waals surface area contributed by atoms with Crippen LogP contribution in [-0.2, 0) is 10.0 Å². The van der Waals surface area contributed by atoms with Crippen molar-refractivity contribution in [3.63, 3.8) is 0 Å². The lowest BCUT2D eigenvalue weighted by Crippen LogP contribution is -2.29. The first-order chi connectivity index (χ1) is 8.46. The van der Waals surface area contributed by atoms with E-state index >= 15 is 0 Å². The maximum atomic E-state index is 12.0. The Labute approximate surface area is 115 Å². The SMILES string of the molecule is COc1cc(OC)c(S(=O)(=O)NCCN)cc1Br. The minimum Gasteiger partial charge on any atom is -0.495 e. The molecule has 18 heavy (non-hydrogen) atoms. The molecule has 0 saturated heterocycles. The van der Waals surface area contributed by atoms with Crippen molar-refractivity contribution >= 4 is 26.0 Å². The molecule has 1 aromatic rings. The van der Waals surface area contributed by atoms with Crippen molar-refractivity contribution in [3.05, 3.63) is 16.6 Å². The van der Waals surface area contributed by atoms with Crippen LogP contribution in [0.4, 0.5) is 0 Å². The summed E-state index contributed by atoms with van der Waals surface area (Å²) in [7, 11) is -0.773. The van der Waals surface area contributed by atoms with Gasteiger partial charge in [-0.05, 0) is 22.0 Å². The van der Waals surface area contributed by atoms with Gasteiger partial charge in [-0.3, -0.25) is 0 Å². The standard InChI is InChI=1S/C10H15BrN2O4S/c1-16-8-6-9(17-2)10(5-7(8)11)18(14,15)13-4-3-12/h5-6,13H,3-4,12H2,1-2H3. The van der Waals surface area contributed by atoms with Gasteiger partial charge in [0, 0.05) is 19.2 Å². The Hall–Kier alpha value is -0.830. The second-order valence-corrected chi connectivity index (χ2v) is 5.91. The van der Waals surface area contributed by atoms with Crippen molar-refractivity contribution in [1.82, 2.24) is 4.72 Å². The molecule has 0 fully saturated rings. The van der Waals surface area contributed by atoms with Crippen LogP contribution in [0.1, 0.15) is 0 Å². The number of sulfonamides is 1. The molecule has 0 bridgehead atoms. The fourth-order valence-electron chi connectivity index (χ4n) is 1.31. The molecule has 0 aliphatic heterocycles. The Morgan fingerprint density at radius 1 is 1.28 bits per heavy atom. The van der Waals surface area contributed by atoms with Gasteiger partial charge < -0.3 is 15.2 Å². The topological polar surface area (TPSA) is 90.6 Å². The van der Waals surface area contributed by atoms with Crippen molar-refractivity contribution in [2.75, 3.05) is 27.3 Å². The molecular weight excluding hydrogens is 324 g/mol. The minimum absolute atomic E-state index is 0.0334. The molecule has 1 aromatic carbocycles. The van der Waals surface area contributed by atoms with Crippen molar-refractivity contribution in [2.45, 2.75) is 4.90 Å². The normalized spacial score (nSPS) is 11.3. The van der Waals surface area contributed by atoms with Crippen LogP contribution in [-0.4, -0.2) is 35.7 Å². The van der Waals surface area contributed by atoms with E-state index in [1.165, 1.54) is 26.4 Å². The molecule has 8 heteroatoms. The van der Waals surface area contributed by atoms with E-state index < -0.39 is 10.0 Å². The molecule has 0 atom stereocenters. The molecule has 0 heterocycles. The van der Waals surface area contributed by atoms with Gasteiger partial charge in [-0.15, -0.1) is 0 Å². The van der Waals surface area contributed by atoms with Crippen molar-refractivity contribution in [1.29, 1.82) is 0 Å². The predicted octanol–water partition coefficient (Wildman–Crippen LogP) is 0.703. The average Bonchev–Trinajstić information content (AvgIpc) is 2.36. The molecule has 0 aliphatic carbocycles. The van der Waals surface area contributed by atoms with Crippen molar-refractivity contribution in [2.24, 2.45) is 5.73 Å². The van der Waals surface area contributed by atoms with Crippen LogP contribution in [0.2, 0.25) is 0 Å². The molecule has 102 valence electrons. The van der Waals surface area contributed by atoms with Gasteiger partial charge in [0.25, 0.3) is 0 Å². The van der Waals surface area contributed by atoms with E-state index in [2.05, 4.69) is 20.7 Å². The van der Waals surface area contributed by atoms with E-state index in [-0.39, 0.29) is 23.7 Å². The van der Waals surface area contributed by atoms with Crippen LogP contribution >= 0.6 is 15.9 Å². The summed E-state index contributed by atoms with van der Waals surface area (Å²) in [6, 6.07) is 2.93. The number of nitrogens with one attached hydrogen (secondary N) is 1. The molecule has 0 unspecified atom stereocenters. The quantitative estimate of drug-likeness (QED) is 0.796. The van der Waals surface area contributed by atoms with Gasteiger partial charge in [0.05, 0.1) is 18.7 Å². The highest BCUT2D eigenvalue weighted by Crippen LogP contribution is 2.35. The Morgan fingerprint density at radius 3 is 2.39 bits per heavy atom. The Bertz CT molecular complexity index is 519. The molecule has 3 N–H and O–H groups in total. The Kier molecular flexibility index (Phi) is 5.39. The Balaban J connectivity index is 3.27. The van der Waals surface area contributed by atoms with E-state index in [4.69, 9.17) is 15.2 Å². The van der Waals surface area contributed by atoms with Gasteiger partial charge in [-0.25, -0.2) is 13.1 Å². The average molecular weight is 339 g/mol. The lowest BCUT2D eigenvalue weighted by atomic mass is 10.3. The summed E-state index contributed by atoms with van der Waals surface area (Å²) in [6.45, 7) is 0.383. The second-order valence-electron chi connectivity index (χ2n) is 3.32. The third-order valence-corrected chi connectivity index (χ3v) is 4.27. The van der Waals surface area contributed by atoms with Crippen molar-refractivity contribution in [3.8, 4) is 11.5 Å². The van der Waals surface area contributed by atoms with E-state index in [0.29, 0.717) is 10.2 Å². The first-order valence-electron chi connectivity index (χ1n) is 5.07. The summed E-state index contributed by atoms with van der Waals surface area (Å²) in [5.74, 6) is 0.698. The van der Waals surface area contributed by atoms with E-state index in [0.717, 1.165) is 0 Å². The number of hydrogen-bond donors (Lipinski definition) is 2. The zero-order chi connectivity index (χ0) is 13.8. The second kappa shape index (κ2) is 6.37. The largest absolute Gasteiger partial charge is 0.495 e. The number of hydrogen-bond acceptors (Lipinski definition) is 5. The van der Waals surface area contributed by atoms with Crippen molar-refractivity contribution < 1.29 is 17.9 Å². The van der Waals surface area contributed by atoms with Crippen LogP contribution in [0.5, 0.6) is 11.5 Å². The number of ether oxygens (including phenoxy) is 2. The van der Waals surface area contributed by atoms with Crippen LogP contribution in [0.15, 0.2) is 21.5 Å². The predicted molar refractivity (Wildman–Crippen MR) is 71.5 cm³/mol. The smallest absolute Gasteiger partial charge is 0.244 e. The maximum Gasteiger partial charge on any atom is 0.244 e. The first kappa shape index (κ1) is 15.2. The van der Waals surface area contributed by atoms with Gasteiger partial charge in [-0.2, -0.15) is 0 Å². The molecular formula is C10H15BrN2O4S. The van der Waals surface area contributed by atoms with E-state index in [1.807, 2.05) is 0 Å². The van der Waals surface area contributed by atoms with Gasteiger partial charge in [0.15, 0.2) is 0 Å². The molecule has 0 radical (unpaired) electrons. The summed E-state index contributed by atoms with van der Waals surface area (Å²) in [5, 5.41) is 0. The lowest BCUT2D eigenvalue weighted by Gasteiger charge is -2.13. The minimum atomic E-state index is -3.65. The molecule has 6 nitrogen and oxygen atoms in total. The van der Waals surface area contributed by atoms with Gasteiger partial charge in [0.1, 0.15) is 16.4 Å². The van der Waals surface area contributed by atoms with E-state index in [1.54, 1.807) is 0 Å². The Morgan fingerprint density at radius 2 is 1.89 bits per heavy atom. The molecule has 0 amide bonds. The summed E-state index contributed by atoms with van der Waals surface area (Å²) < 4.78 is 37.1. The highest BCUT2D eigenvalue weighted by Gasteiger charge is 2.21. The third-order valence-electron chi connectivity index (χ3n) is 2.16. The van der Waals surface area contributed by atoms with E-state index in [9.17, 15) is 8.42 Å². The summed E-state index contributed by atoms with van der Waals surface area (Å²) in [4.78, 5) is 0.0334. The summed E-state index contributed by atoms with van der Waals surface area (Å²) >= 11 is 3.23. The zero-order valence-electron chi connectivity index (χ0n) is 10.1. The fourth-order valence-corrected chi connectivity index (χ4v) is 3.19. The van der Waals surface area contributed by atoms with Gasteiger partial charge >= 0.3 is 0 Å². The van der Waals surface area contributed by atoms with Gasteiger partial charge in [0.2, 0.25) is 10.0 Å². The lowest BCUT2D eigenvalue weighted by molar-refractivity contribution is 0.384. The summed E-state index contributed by atoms with van der Waals surface area (Å²) in [6.07, 6.45) is 0. The zero-order valence-corrected chi connectivity index (χ0v) is 12.5. The molecule has 1 rings (SSSR count). The third kappa shape index (κ3) is 3.35. The van der Waals surface area contributed by atoms with Crippen LogP contribution in [0, 0.1) is 0 Å². The maximum absolute atomic E-state index is 12.0. The van der Waals surface area contributed by atoms with Crippen LogP contribution in [0.3, 0.4) is 0 Å². The molecule has 0 aliphatic rings. The number of rotatable bonds is 6. The number of benzene rings is 1. The first-order valence-corrected chi connectivity index (χ1v) is 7.35. The van der Waals surface area contributed by atoms with Crippen LogP contribution < -0.4 is 19.9 Å². The summed E-state index contributed by atoms with van der Waals surface area (Å²) in [5.41, 5.74) is 5.27. The number of methoxy groups -OCH3 is 2. The number of halogens is 1.